The second-order valence-electron chi connectivity index (χ2n) is 9.61. The van der Waals surface area contributed by atoms with E-state index in [1.165, 1.54) is 22.4 Å². The van der Waals surface area contributed by atoms with E-state index in [0.29, 0.717) is 0 Å². The maximum atomic E-state index is 5.46. The zero-order valence-electron chi connectivity index (χ0n) is 21.7. The summed E-state index contributed by atoms with van der Waals surface area (Å²) in [6.45, 7) is 1.67. The van der Waals surface area contributed by atoms with E-state index in [4.69, 9.17) is 9.52 Å². The Kier molecular flexibility index (Phi) is 7.30. The highest BCUT2D eigenvalue weighted by Crippen LogP contribution is 2.35. The zero-order chi connectivity index (χ0) is 26.3. The second-order valence-corrected chi connectivity index (χ2v) is 9.61. The topological polar surface area (TPSA) is 44.9 Å². The number of nitrogens with zero attached hydrogens (tertiary/aromatic N) is 4. The number of hydrazone groups is 1. The first kappa shape index (κ1) is 24.4. The van der Waals surface area contributed by atoms with Gasteiger partial charge in [0.05, 0.1) is 18.0 Å². The predicted octanol–water partition coefficient (Wildman–Crippen LogP) is 7.90. The average Bonchev–Trinajstić information content (AvgIpc) is 3.68. The minimum atomic E-state index is 0.0573. The molecule has 1 aliphatic rings. The van der Waals surface area contributed by atoms with Crippen molar-refractivity contribution in [2.45, 2.75) is 25.6 Å². The van der Waals surface area contributed by atoms with E-state index in [0.717, 1.165) is 36.8 Å². The lowest BCUT2D eigenvalue weighted by Gasteiger charge is -2.27. The highest BCUT2D eigenvalue weighted by Gasteiger charge is 2.29. The van der Waals surface area contributed by atoms with Gasteiger partial charge in [-0.1, -0.05) is 78.9 Å². The van der Waals surface area contributed by atoms with E-state index in [9.17, 15) is 0 Å². The number of furan rings is 1. The number of rotatable bonds is 9. The Balaban J connectivity index is 1.26. The summed E-state index contributed by atoms with van der Waals surface area (Å²) in [5, 5.41) is 6.96. The highest BCUT2D eigenvalue weighted by molar-refractivity contribution is 6.00. The normalized spacial score (nSPS) is 15.0. The molecule has 0 N–H and O–H groups in total. The van der Waals surface area contributed by atoms with Crippen LogP contribution in [0.5, 0.6) is 0 Å². The number of hydrogen-bond donors (Lipinski definition) is 0. The van der Waals surface area contributed by atoms with E-state index < -0.39 is 0 Å². The average molecular weight is 511 g/mol. The predicted molar refractivity (Wildman–Crippen MR) is 158 cm³/mol. The van der Waals surface area contributed by atoms with E-state index in [1.54, 1.807) is 6.26 Å². The molecule has 0 spiro atoms. The van der Waals surface area contributed by atoms with Gasteiger partial charge < -0.3 is 9.32 Å². The number of aromatic nitrogens is 1. The van der Waals surface area contributed by atoms with Gasteiger partial charge in [0.1, 0.15) is 11.6 Å². The van der Waals surface area contributed by atoms with Crippen molar-refractivity contribution < 1.29 is 4.42 Å². The Labute approximate surface area is 229 Å². The molecule has 3 aromatic carbocycles. The molecular weight excluding hydrogens is 480 g/mol. The molecule has 0 saturated carbocycles. The van der Waals surface area contributed by atoms with Crippen LogP contribution in [0.15, 0.2) is 143 Å². The number of anilines is 2. The fourth-order valence-electron chi connectivity index (χ4n) is 4.91. The van der Waals surface area contributed by atoms with Crippen molar-refractivity contribution in [2.75, 3.05) is 9.91 Å². The first-order valence-electron chi connectivity index (χ1n) is 13.2. The summed E-state index contributed by atoms with van der Waals surface area (Å²) in [7, 11) is 0. The van der Waals surface area contributed by atoms with Crippen molar-refractivity contribution in [1.82, 2.24) is 4.98 Å². The van der Waals surface area contributed by atoms with E-state index in [-0.39, 0.29) is 6.04 Å². The highest BCUT2D eigenvalue weighted by atomic mass is 16.3. The smallest absolute Gasteiger partial charge is 0.149 e. The van der Waals surface area contributed by atoms with Gasteiger partial charge in [-0.3, -0.25) is 0 Å². The minimum Gasteiger partial charge on any atom is -0.465 e. The van der Waals surface area contributed by atoms with Crippen molar-refractivity contribution in [3.63, 3.8) is 0 Å². The Hall–Kier alpha value is -4.90. The molecule has 1 unspecified atom stereocenters. The number of allylic oxidation sites excluding steroid dienone is 1. The van der Waals surface area contributed by atoms with Crippen LogP contribution in [0, 0.1) is 0 Å². The van der Waals surface area contributed by atoms with Crippen molar-refractivity contribution in [3.05, 3.63) is 156 Å². The van der Waals surface area contributed by atoms with Crippen LogP contribution < -0.4 is 9.91 Å². The standard InChI is InChI=1S/C34H30N4O/c1-3-10-27(11-4-1)25-37(26-28-12-5-2-6-13-28)31-19-16-29(17-20-31)33-24-30(18-21-32-14-9-23-39-32)36-38(33)34-15-7-8-22-35-34/h1-23,33H,24-26H2. The van der Waals surface area contributed by atoms with Crippen LogP contribution in [0.2, 0.25) is 0 Å². The van der Waals surface area contributed by atoms with Gasteiger partial charge in [0.2, 0.25) is 0 Å². The summed E-state index contributed by atoms with van der Waals surface area (Å²) < 4.78 is 5.46. The number of benzene rings is 3. The van der Waals surface area contributed by atoms with Gasteiger partial charge in [-0.15, -0.1) is 0 Å². The van der Waals surface area contributed by atoms with Gasteiger partial charge in [-0.25, -0.2) is 9.99 Å². The van der Waals surface area contributed by atoms with Gasteiger partial charge >= 0.3 is 0 Å². The molecule has 192 valence electrons. The molecule has 1 aliphatic heterocycles. The molecule has 39 heavy (non-hydrogen) atoms. The lowest BCUT2D eigenvalue weighted by Crippen LogP contribution is -2.22. The third kappa shape index (κ3) is 5.99. The van der Waals surface area contributed by atoms with Crippen molar-refractivity contribution in [2.24, 2.45) is 5.10 Å². The molecule has 3 heterocycles. The molecule has 6 rings (SSSR count). The van der Waals surface area contributed by atoms with E-state index in [2.05, 4.69) is 94.8 Å². The zero-order valence-corrected chi connectivity index (χ0v) is 21.7. The van der Waals surface area contributed by atoms with Crippen LogP contribution in [-0.4, -0.2) is 10.7 Å². The summed E-state index contributed by atoms with van der Waals surface area (Å²) >= 11 is 0. The van der Waals surface area contributed by atoms with Gasteiger partial charge in [-0.2, -0.15) is 5.10 Å². The molecule has 0 aliphatic carbocycles. The fraction of sp³-hybridized carbons (Fsp3) is 0.118. The van der Waals surface area contributed by atoms with Gasteiger partial charge in [-0.05, 0) is 65.2 Å². The molecule has 5 nitrogen and oxygen atoms in total. The Morgan fingerprint density at radius 3 is 2.05 bits per heavy atom. The molecule has 0 radical (unpaired) electrons. The first-order chi connectivity index (χ1) is 19.3. The summed E-state index contributed by atoms with van der Waals surface area (Å²) in [5.41, 5.74) is 5.95. The fourth-order valence-corrected chi connectivity index (χ4v) is 4.91. The molecule has 0 amide bonds. The van der Waals surface area contributed by atoms with Crippen LogP contribution in [0.3, 0.4) is 0 Å². The van der Waals surface area contributed by atoms with Crippen LogP contribution in [0.1, 0.15) is 34.9 Å². The maximum absolute atomic E-state index is 5.46. The Bertz CT molecular complexity index is 1470. The van der Waals surface area contributed by atoms with Crippen LogP contribution in [0.25, 0.3) is 6.08 Å². The Morgan fingerprint density at radius 1 is 0.744 bits per heavy atom. The molecule has 5 aromatic rings. The molecule has 5 heteroatoms. The molecule has 0 bridgehead atoms. The summed E-state index contributed by atoms with van der Waals surface area (Å²) in [6, 6.07) is 40.0. The largest absolute Gasteiger partial charge is 0.465 e. The van der Waals surface area contributed by atoms with Gasteiger partial charge in [0.15, 0.2) is 0 Å². The summed E-state index contributed by atoms with van der Waals surface area (Å²) in [6.07, 6.45) is 8.27. The van der Waals surface area contributed by atoms with Crippen molar-refractivity contribution in [1.29, 1.82) is 0 Å². The second kappa shape index (κ2) is 11.7. The van der Waals surface area contributed by atoms with Crippen LogP contribution in [-0.2, 0) is 13.1 Å². The number of pyridine rings is 1. The summed E-state index contributed by atoms with van der Waals surface area (Å²) in [5.74, 6) is 1.65. The lowest BCUT2D eigenvalue weighted by atomic mass is 10.0. The first-order valence-corrected chi connectivity index (χ1v) is 13.2. The maximum Gasteiger partial charge on any atom is 0.149 e. The van der Waals surface area contributed by atoms with Crippen LogP contribution >= 0.6 is 0 Å². The van der Waals surface area contributed by atoms with E-state index >= 15 is 0 Å². The van der Waals surface area contributed by atoms with Crippen LogP contribution in [0.4, 0.5) is 11.5 Å². The quantitative estimate of drug-likeness (QED) is 0.202. The minimum absolute atomic E-state index is 0.0573. The Morgan fingerprint density at radius 2 is 1.44 bits per heavy atom. The lowest BCUT2D eigenvalue weighted by molar-refractivity contribution is 0.557. The third-order valence-corrected chi connectivity index (χ3v) is 6.88. The third-order valence-electron chi connectivity index (χ3n) is 6.88. The van der Waals surface area contributed by atoms with Crippen molar-refractivity contribution in [3.8, 4) is 0 Å². The summed E-state index contributed by atoms with van der Waals surface area (Å²) in [4.78, 5) is 7.01. The molecule has 0 fully saturated rings. The monoisotopic (exact) mass is 510 g/mol. The molecule has 1 atom stereocenters. The molecular formula is C34H30N4O. The van der Waals surface area contributed by atoms with E-state index in [1.807, 2.05) is 53.7 Å². The van der Waals surface area contributed by atoms with Gasteiger partial charge in [0, 0.05) is 31.4 Å². The molecule has 2 aromatic heterocycles. The number of hydrogen-bond acceptors (Lipinski definition) is 5. The van der Waals surface area contributed by atoms with Gasteiger partial charge in [0.25, 0.3) is 0 Å². The molecule has 0 saturated heterocycles. The SMILES string of the molecule is C(=Cc1ccco1)C1=NN(c2ccccn2)C(c2ccc(N(Cc3ccccc3)Cc3ccccc3)cc2)C1. The van der Waals surface area contributed by atoms with Crippen molar-refractivity contribution >= 4 is 23.3 Å².